The fraction of sp³-hybridized carbons (Fsp3) is 0.278. The number of methoxy groups -OCH3 is 1. The first kappa shape index (κ1) is 17.2. The van der Waals surface area contributed by atoms with Crippen molar-refractivity contribution in [3.63, 3.8) is 0 Å². The van der Waals surface area contributed by atoms with Crippen molar-refractivity contribution in [3.8, 4) is 0 Å². The second kappa shape index (κ2) is 7.06. The Morgan fingerprint density at radius 1 is 1.28 bits per heavy atom. The molecule has 2 aromatic rings. The quantitative estimate of drug-likeness (QED) is 0.851. The molecule has 7 heteroatoms. The van der Waals surface area contributed by atoms with E-state index in [-0.39, 0.29) is 5.91 Å². The van der Waals surface area contributed by atoms with Crippen LogP contribution in [0.1, 0.15) is 32.8 Å². The summed E-state index contributed by atoms with van der Waals surface area (Å²) in [6, 6.07) is 9.57. The molecule has 1 aromatic heterocycles. The minimum Gasteiger partial charge on any atom is -0.465 e. The maximum absolute atomic E-state index is 12.5. The van der Waals surface area contributed by atoms with Crippen LogP contribution in [0.25, 0.3) is 0 Å². The predicted molar refractivity (Wildman–Crippen MR) is 96.2 cm³/mol. The van der Waals surface area contributed by atoms with Gasteiger partial charge in [0.25, 0.3) is 5.91 Å². The summed E-state index contributed by atoms with van der Waals surface area (Å²) < 4.78 is 4.82. The third-order valence-corrected chi connectivity index (χ3v) is 5.20. The van der Waals surface area contributed by atoms with Gasteiger partial charge in [-0.15, -0.1) is 11.3 Å². The Labute approximate surface area is 149 Å². The highest BCUT2D eigenvalue weighted by Crippen LogP contribution is 2.33. The van der Waals surface area contributed by atoms with Crippen molar-refractivity contribution in [3.05, 3.63) is 51.9 Å². The number of nitrogens with one attached hydrogen (secondary N) is 1. The SMILES string of the molecule is COC(=O)c1c(NC(=O)[C@H]2CC(c3ccccc3)=NO2)sc(C)c1C. The molecule has 1 N–H and O–H groups in total. The number of amides is 1. The van der Waals surface area contributed by atoms with Crippen LogP contribution in [0.15, 0.2) is 35.5 Å². The number of carbonyl (C=O) groups excluding carboxylic acids is 2. The number of benzene rings is 1. The molecule has 0 bridgehead atoms. The van der Waals surface area contributed by atoms with Gasteiger partial charge in [0.05, 0.1) is 18.4 Å². The van der Waals surface area contributed by atoms with E-state index in [2.05, 4.69) is 10.5 Å². The van der Waals surface area contributed by atoms with Crippen molar-refractivity contribution < 1.29 is 19.2 Å². The van der Waals surface area contributed by atoms with E-state index < -0.39 is 12.1 Å². The van der Waals surface area contributed by atoms with Gasteiger partial charge < -0.3 is 14.9 Å². The van der Waals surface area contributed by atoms with Crippen LogP contribution in [0.2, 0.25) is 0 Å². The van der Waals surface area contributed by atoms with Crippen molar-refractivity contribution in [2.75, 3.05) is 12.4 Å². The molecule has 1 atom stereocenters. The summed E-state index contributed by atoms with van der Waals surface area (Å²) in [5.74, 6) is -0.799. The summed E-state index contributed by atoms with van der Waals surface area (Å²) in [5, 5.41) is 7.27. The fourth-order valence-corrected chi connectivity index (χ4v) is 3.63. The van der Waals surface area contributed by atoms with Gasteiger partial charge in [-0.25, -0.2) is 4.79 Å². The van der Waals surface area contributed by atoms with E-state index in [4.69, 9.17) is 9.57 Å². The molecular formula is C18H18N2O4S. The Kier molecular flexibility index (Phi) is 4.85. The average molecular weight is 358 g/mol. The number of anilines is 1. The van der Waals surface area contributed by atoms with Crippen LogP contribution in [0.4, 0.5) is 5.00 Å². The van der Waals surface area contributed by atoms with Crippen LogP contribution in [0, 0.1) is 13.8 Å². The Morgan fingerprint density at radius 3 is 2.68 bits per heavy atom. The zero-order chi connectivity index (χ0) is 18.0. The van der Waals surface area contributed by atoms with E-state index in [9.17, 15) is 9.59 Å². The summed E-state index contributed by atoms with van der Waals surface area (Å²) in [4.78, 5) is 30.7. The summed E-state index contributed by atoms with van der Waals surface area (Å²) in [6.45, 7) is 3.72. The van der Waals surface area contributed by atoms with Gasteiger partial charge in [0.15, 0.2) is 0 Å². The number of esters is 1. The molecule has 6 nitrogen and oxygen atoms in total. The summed E-state index contributed by atoms with van der Waals surface area (Å²) in [7, 11) is 1.32. The second-order valence-electron chi connectivity index (χ2n) is 5.67. The third-order valence-electron chi connectivity index (χ3n) is 4.08. The smallest absolute Gasteiger partial charge is 0.341 e. The lowest BCUT2D eigenvalue weighted by Crippen LogP contribution is -2.28. The van der Waals surface area contributed by atoms with E-state index >= 15 is 0 Å². The number of hydrogen-bond donors (Lipinski definition) is 1. The maximum atomic E-state index is 12.5. The zero-order valence-electron chi connectivity index (χ0n) is 14.2. The van der Waals surface area contributed by atoms with Gasteiger partial charge in [-0.1, -0.05) is 35.5 Å². The lowest BCUT2D eigenvalue weighted by Gasteiger charge is -2.09. The minimum absolute atomic E-state index is 0.332. The van der Waals surface area contributed by atoms with Gasteiger partial charge in [-0.2, -0.15) is 0 Å². The van der Waals surface area contributed by atoms with E-state index in [1.54, 1.807) is 0 Å². The monoisotopic (exact) mass is 358 g/mol. The topological polar surface area (TPSA) is 77.0 Å². The van der Waals surface area contributed by atoms with Crippen LogP contribution in [-0.2, 0) is 14.4 Å². The number of carbonyl (C=O) groups is 2. The highest BCUT2D eigenvalue weighted by molar-refractivity contribution is 7.16. The fourth-order valence-electron chi connectivity index (χ4n) is 2.57. The van der Waals surface area contributed by atoms with E-state index in [0.717, 1.165) is 21.7 Å². The van der Waals surface area contributed by atoms with E-state index in [1.165, 1.54) is 18.4 Å². The number of aryl methyl sites for hydroxylation is 1. The van der Waals surface area contributed by atoms with Gasteiger partial charge in [0.2, 0.25) is 6.10 Å². The Morgan fingerprint density at radius 2 is 2.00 bits per heavy atom. The Balaban J connectivity index is 1.72. The van der Waals surface area contributed by atoms with Crippen molar-refractivity contribution >= 4 is 33.9 Å². The van der Waals surface area contributed by atoms with Crippen LogP contribution in [0.3, 0.4) is 0 Å². The zero-order valence-corrected chi connectivity index (χ0v) is 15.0. The van der Waals surface area contributed by atoms with Crippen LogP contribution >= 0.6 is 11.3 Å². The molecule has 1 aliphatic heterocycles. The van der Waals surface area contributed by atoms with E-state index in [1.807, 2.05) is 44.2 Å². The first-order chi connectivity index (χ1) is 12.0. The molecule has 0 aliphatic carbocycles. The number of oxime groups is 1. The molecule has 1 amide bonds. The van der Waals surface area contributed by atoms with Crippen LogP contribution in [-0.4, -0.2) is 30.8 Å². The molecule has 1 aliphatic rings. The molecule has 0 saturated carbocycles. The van der Waals surface area contributed by atoms with Gasteiger partial charge in [-0.3, -0.25) is 4.79 Å². The van der Waals surface area contributed by atoms with Gasteiger partial charge in [0.1, 0.15) is 5.00 Å². The van der Waals surface area contributed by atoms with Gasteiger partial charge in [0, 0.05) is 11.3 Å². The predicted octanol–water partition coefficient (Wildman–Crippen LogP) is 3.28. The average Bonchev–Trinajstić information content (AvgIpc) is 3.21. The molecule has 0 radical (unpaired) electrons. The molecule has 130 valence electrons. The molecule has 0 saturated heterocycles. The first-order valence-corrected chi connectivity index (χ1v) is 8.60. The summed E-state index contributed by atoms with van der Waals surface area (Å²) in [5.41, 5.74) is 2.85. The highest BCUT2D eigenvalue weighted by Gasteiger charge is 2.31. The van der Waals surface area contributed by atoms with Crippen molar-refractivity contribution in [2.24, 2.45) is 5.16 Å². The third kappa shape index (κ3) is 3.41. The van der Waals surface area contributed by atoms with Gasteiger partial charge in [-0.05, 0) is 25.0 Å². The molecule has 2 heterocycles. The summed E-state index contributed by atoms with van der Waals surface area (Å²) in [6.07, 6.45) is -0.337. The Hall–Kier alpha value is -2.67. The normalized spacial score (nSPS) is 16.1. The number of ether oxygens (including phenoxy) is 1. The lowest BCUT2D eigenvalue weighted by molar-refractivity contribution is -0.125. The standard InChI is InChI=1S/C18H18N2O4S/c1-10-11(2)25-17(15(10)18(22)23-3)19-16(21)14-9-13(20-24-14)12-7-5-4-6-8-12/h4-8,14H,9H2,1-3H3,(H,19,21)/t14-/m1/s1. The molecule has 25 heavy (non-hydrogen) atoms. The molecule has 0 spiro atoms. The van der Waals surface area contributed by atoms with Gasteiger partial charge >= 0.3 is 5.97 Å². The summed E-state index contributed by atoms with van der Waals surface area (Å²) >= 11 is 1.34. The molecule has 3 rings (SSSR count). The van der Waals surface area contributed by atoms with Crippen molar-refractivity contribution in [2.45, 2.75) is 26.4 Å². The number of thiophene rings is 1. The first-order valence-electron chi connectivity index (χ1n) is 7.78. The van der Waals surface area contributed by atoms with Crippen LogP contribution in [0.5, 0.6) is 0 Å². The molecule has 0 fully saturated rings. The largest absolute Gasteiger partial charge is 0.465 e. The number of nitrogens with zero attached hydrogens (tertiary/aromatic N) is 1. The molecule has 1 aromatic carbocycles. The highest BCUT2D eigenvalue weighted by atomic mass is 32.1. The Bertz CT molecular complexity index is 842. The van der Waals surface area contributed by atoms with Crippen LogP contribution < -0.4 is 5.32 Å². The van der Waals surface area contributed by atoms with Crippen molar-refractivity contribution in [1.82, 2.24) is 0 Å². The molecular weight excluding hydrogens is 340 g/mol. The minimum atomic E-state index is -0.719. The lowest BCUT2D eigenvalue weighted by atomic mass is 10.0. The maximum Gasteiger partial charge on any atom is 0.341 e. The van der Waals surface area contributed by atoms with Crippen molar-refractivity contribution in [1.29, 1.82) is 0 Å². The molecule has 0 unspecified atom stereocenters. The number of rotatable bonds is 4. The number of hydrogen-bond acceptors (Lipinski definition) is 6. The second-order valence-corrected chi connectivity index (χ2v) is 6.90. The van der Waals surface area contributed by atoms with E-state index in [0.29, 0.717) is 17.0 Å².